The van der Waals surface area contributed by atoms with E-state index in [1.54, 1.807) is 18.2 Å². The lowest BCUT2D eigenvalue weighted by Gasteiger charge is -2.10. The highest BCUT2D eigenvalue weighted by atomic mass is 19.1. The van der Waals surface area contributed by atoms with Crippen molar-refractivity contribution in [3.05, 3.63) is 145 Å². The summed E-state index contributed by atoms with van der Waals surface area (Å²) in [4.78, 5) is 4.90. The molecule has 0 saturated heterocycles. The molecule has 0 unspecified atom stereocenters. The Balaban J connectivity index is 1.47. The minimum atomic E-state index is -0.467. The third-order valence-electron chi connectivity index (χ3n) is 7.32. The molecule has 2 heterocycles. The zero-order valence-corrected chi connectivity index (χ0v) is 21.4. The molecule has 0 aliphatic rings. The van der Waals surface area contributed by atoms with Gasteiger partial charge >= 0.3 is 0 Å². The molecular formula is C36H22FN3. The maximum absolute atomic E-state index is 14.9. The zero-order valence-electron chi connectivity index (χ0n) is 21.4. The van der Waals surface area contributed by atoms with Crippen LogP contribution < -0.4 is 0 Å². The van der Waals surface area contributed by atoms with Gasteiger partial charge in [0.2, 0.25) is 0 Å². The monoisotopic (exact) mass is 515 g/mol. The van der Waals surface area contributed by atoms with Gasteiger partial charge in [0.25, 0.3) is 0 Å². The van der Waals surface area contributed by atoms with Crippen molar-refractivity contribution in [3.8, 4) is 45.4 Å². The SMILES string of the molecule is N#Cc1ccc(-c2cccc(-n3c4ccc(-c5ccccc5)cc4c4cc(-c5ccccc5)ccc43)n2)c(F)c1. The Labute approximate surface area is 231 Å². The largest absolute Gasteiger partial charge is 0.294 e. The van der Waals surface area contributed by atoms with Gasteiger partial charge in [-0.15, -0.1) is 0 Å². The van der Waals surface area contributed by atoms with E-state index in [1.807, 2.05) is 54.6 Å². The molecule has 7 rings (SSSR count). The average Bonchev–Trinajstić information content (AvgIpc) is 3.35. The van der Waals surface area contributed by atoms with Crippen LogP contribution in [0.3, 0.4) is 0 Å². The van der Waals surface area contributed by atoms with E-state index in [-0.39, 0.29) is 5.56 Å². The molecule has 0 aliphatic heterocycles. The maximum atomic E-state index is 14.9. The van der Waals surface area contributed by atoms with E-state index in [0.29, 0.717) is 17.1 Å². The number of benzene rings is 5. The fourth-order valence-electron chi connectivity index (χ4n) is 5.38. The highest BCUT2D eigenvalue weighted by Crippen LogP contribution is 2.37. The number of hydrogen-bond acceptors (Lipinski definition) is 2. The summed E-state index contributed by atoms with van der Waals surface area (Å²) in [5, 5.41) is 11.4. The van der Waals surface area contributed by atoms with E-state index < -0.39 is 5.82 Å². The molecule has 40 heavy (non-hydrogen) atoms. The third kappa shape index (κ3) is 4.02. The summed E-state index contributed by atoms with van der Waals surface area (Å²) >= 11 is 0. The number of rotatable bonds is 4. The lowest BCUT2D eigenvalue weighted by atomic mass is 10.0. The smallest absolute Gasteiger partial charge is 0.138 e. The molecule has 0 atom stereocenters. The number of nitriles is 1. The Hall–Kier alpha value is -5.53. The summed E-state index contributed by atoms with van der Waals surface area (Å²) in [7, 11) is 0. The second-order valence-corrected chi connectivity index (χ2v) is 9.72. The summed E-state index contributed by atoms with van der Waals surface area (Å²) in [6, 6.07) is 45.8. The number of nitrogens with zero attached hydrogens (tertiary/aromatic N) is 3. The molecule has 0 radical (unpaired) electrons. The van der Waals surface area contributed by atoms with Crippen LogP contribution in [0.5, 0.6) is 0 Å². The minimum Gasteiger partial charge on any atom is -0.294 e. The second-order valence-electron chi connectivity index (χ2n) is 9.72. The van der Waals surface area contributed by atoms with Gasteiger partial charge in [-0.1, -0.05) is 78.9 Å². The van der Waals surface area contributed by atoms with Crippen LogP contribution in [0.1, 0.15) is 5.56 Å². The van der Waals surface area contributed by atoms with Gasteiger partial charge in [-0.05, 0) is 76.9 Å². The van der Waals surface area contributed by atoms with Crippen LogP contribution in [-0.2, 0) is 0 Å². The number of fused-ring (bicyclic) bond motifs is 3. The van der Waals surface area contributed by atoms with Crippen LogP contribution in [0.4, 0.5) is 4.39 Å². The van der Waals surface area contributed by atoms with Crippen LogP contribution in [0, 0.1) is 17.1 Å². The van der Waals surface area contributed by atoms with Gasteiger partial charge in [0.05, 0.1) is 28.4 Å². The van der Waals surface area contributed by atoms with Crippen molar-refractivity contribution in [2.75, 3.05) is 0 Å². The fraction of sp³-hybridized carbons (Fsp3) is 0. The highest BCUT2D eigenvalue weighted by molar-refractivity contribution is 6.11. The molecule has 0 fully saturated rings. The zero-order chi connectivity index (χ0) is 27.1. The van der Waals surface area contributed by atoms with Crippen LogP contribution >= 0.6 is 0 Å². The van der Waals surface area contributed by atoms with Crippen LogP contribution in [0.15, 0.2) is 133 Å². The first kappa shape index (κ1) is 23.6. The fourth-order valence-corrected chi connectivity index (χ4v) is 5.38. The van der Waals surface area contributed by atoms with Crippen LogP contribution in [0.25, 0.3) is 61.1 Å². The van der Waals surface area contributed by atoms with Crippen molar-refractivity contribution < 1.29 is 4.39 Å². The molecule has 0 spiro atoms. The predicted molar refractivity (Wildman–Crippen MR) is 160 cm³/mol. The summed E-state index contributed by atoms with van der Waals surface area (Å²) in [6.45, 7) is 0. The molecule has 0 N–H and O–H groups in total. The summed E-state index contributed by atoms with van der Waals surface area (Å²) in [5.41, 5.74) is 7.77. The number of hydrogen-bond donors (Lipinski definition) is 0. The Kier molecular flexibility index (Phi) is 5.69. The lowest BCUT2D eigenvalue weighted by Crippen LogP contribution is -1.99. The van der Waals surface area contributed by atoms with Gasteiger partial charge in [-0.25, -0.2) is 9.37 Å². The van der Waals surface area contributed by atoms with Gasteiger partial charge in [-0.2, -0.15) is 5.26 Å². The van der Waals surface area contributed by atoms with Gasteiger partial charge < -0.3 is 0 Å². The normalized spacial score (nSPS) is 11.1. The van der Waals surface area contributed by atoms with Crippen molar-refractivity contribution in [1.29, 1.82) is 5.26 Å². The highest BCUT2D eigenvalue weighted by Gasteiger charge is 2.16. The van der Waals surface area contributed by atoms with E-state index in [4.69, 9.17) is 10.2 Å². The van der Waals surface area contributed by atoms with Crippen molar-refractivity contribution in [3.63, 3.8) is 0 Å². The van der Waals surface area contributed by atoms with Crippen molar-refractivity contribution in [2.45, 2.75) is 0 Å². The summed E-state index contributed by atoms with van der Waals surface area (Å²) < 4.78 is 17.1. The van der Waals surface area contributed by atoms with E-state index in [2.05, 4.69) is 65.2 Å². The van der Waals surface area contributed by atoms with Crippen molar-refractivity contribution >= 4 is 21.8 Å². The molecule has 0 aliphatic carbocycles. The number of halogens is 1. The van der Waals surface area contributed by atoms with E-state index in [0.717, 1.165) is 44.1 Å². The Morgan fingerprint density at radius 3 is 1.73 bits per heavy atom. The molecule has 0 saturated carbocycles. The third-order valence-corrected chi connectivity index (χ3v) is 7.32. The Morgan fingerprint density at radius 1 is 0.575 bits per heavy atom. The molecular weight excluding hydrogens is 493 g/mol. The predicted octanol–water partition coefficient (Wildman–Crippen LogP) is 9.19. The van der Waals surface area contributed by atoms with Crippen molar-refractivity contribution in [1.82, 2.24) is 9.55 Å². The first-order chi connectivity index (χ1) is 19.7. The molecule has 2 aromatic heterocycles. The first-order valence-electron chi connectivity index (χ1n) is 13.1. The maximum Gasteiger partial charge on any atom is 0.138 e. The minimum absolute atomic E-state index is 0.281. The number of pyridine rings is 1. The molecule has 0 bridgehead atoms. The first-order valence-corrected chi connectivity index (χ1v) is 13.1. The quantitative estimate of drug-likeness (QED) is 0.234. The Morgan fingerprint density at radius 2 is 1.18 bits per heavy atom. The molecule has 7 aromatic rings. The van der Waals surface area contributed by atoms with E-state index >= 15 is 0 Å². The standard InChI is InChI=1S/C36H22FN3/c37-32-20-24(23-38)14-17-29(32)33-12-7-13-36(39-33)40-34-18-15-27(25-8-3-1-4-9-25)21-30(34)31-22-28(16-19-35(31)40)26-10-5-2-6-11-26/h1-22H. The molecule has 5 aromatic carbocycles. The lowest BCUT2D eigenvalue weighted by molar-refractivity contribution is 0.630. The van der Waals surface area contributed by atoms with E-state index in [9.17, 15) is 4.39 Å². The molecule has 0 amide bonds. The molecule has 3 nitrogen and oxygen atoms in total. The van der Waals surface area contributed by atoms with Gasteiger partial charge in [0.15, 0.2) is 0 Å². The average molecular weight is 516 g/mol. The number of aromatic nitrogens is 2. The van der Waals surface area contributed by atoms with Gasteiger partial charge in [-0.3, -0.25) is 4.57 Å². The van der Waals surface area contributed by atoms with E-state index in [1.165, 1.54) is 6.07 Å². The molecule has 188 valence electrons. The Bertz CT molecular complexity index is 1970. The van der Waals surface area contributed by atoms with Crippen LogP contribution in [0.2, 0.25) is 0 Å². The van der Waals surface area contributed by atoms with Gasteiger partial charge in [0, 0.05) is 16.3 Å². The topological polar surface area (TPSA) is 41.6 Å². The summed E-state index contributed by atoms with van der Waals surface area (Å²) in [5.74, 6) is 0.229. The van der Waals surface area contributed by atoms with Crippen LogP contribution in [-0.4, -0.2) is 9.55 Å². The van der Waals surface area contributed by atoms with Gasteiger partial charge in [0.1, 0.15) is 11.6 Å². The summed E-state index contributed by atoms with van der Waals surface area (Å²) in [6.07, 6.45) is 0. The van der Waals surface area contributed by atoms with Crippen molar-refractivity contribution in [2.24, 2.45) is 0 Å². The second kappa shape index (κ2) is 9.65. The molecule has 4 heteroatoms.